The number of imidazole rings is 1. The molecular formula is C72H65N4OSi+. The van der Waals surface area contributed by atoms with Crippen LogP contribution in [0.4, 0.5) is 17.2 Å². The highest BCUT2D eigenvalue weighted by Gasteiger charge is 2.54. The molecule has 4 heterocycles. The standard InChI is InChI=1S/C72H65N4OSi/c1-70(2,3)50-39-40-73-68(44-50)76-62-33-17-20-36-66(62)78(64-34-18-13-27-58(64)59-28-14-19-35-65(59)78)67-38-37-55(46-63(67)76)77-54-26-21-25-53(45-54)74-47-75(61-32-16-15-31-60(61)74)69-56(48-23-11-10-12-24-48)29-22-30-57(69)49-41-51(71(4,5)6)43-52(42-49)72(7,8)9/h10-47H,1-9H3/q+1. The molecule has 2 aliphatic rings. The first-order valence-corrected chi connectivity index (χ1v) is 29.4. The van der Waals surface area contributed by atoms with Crippen molar-refractivity contribution in [2.24, 2.45) is 0 Å². The first-order valence-electron chi connectivity index (χ1n) is 27.4. The summed E-state index contributed by atoms with van der Waals surface area (Å²) in [6, 6.07) is 80.6. The van der Waals surface area contributed by atoms with Gasteiger partial charge in [0.25, 0.3) is 6.33 Å². The SMILES string of the molecule is CC(C)(C)c1cc(-c2cccc(-c3ccccc3)c2-[n+]2cn(-c3cccc(Oc4ccc5c(c4)N(c4cc(C(C)(C)C)ccn4)c4ccccc4[Si]54c5ccccc5-c5ccccc54)c3)c3ccccc32)cc(C(C)(C)C)c1. The van der Waals surface area contributed by atoms with Crippen LogP contribution in [0.3, 0.4) is 0 Å². The van der Waals surface area contributed by atoms with E-state index in [0.717, 1.165) is 62.2 Å². The van der Waals surface area contributed by atoms with E-state index in [-0.39, 0.29) is 16.2 Å². The van der Waals surface area contributed by atoms with Crippen LogP contribution in [-0.2, 0) is 16.2 Å². The molecule has 9 aromatic carbocycles. The second kappa shape index (κ2) is 18.3. The van der Waals surface area contributed by atoms with Gasteiger partial charge in [-0.3, -0.25) is 4.90 Å². The van der Waals surface area contributed by atoms with Crippen LogP contribution in [0.15, 0.2) is 231 Å². The summed E-state index contributed by atoms with van der Waals surface area (Å²) in [5, 5.41) is 5.52. The van der Waals surface area contributed by atoms with Crippen LogP contribution >= 0.6 is 0 Å². The van der Waals surface area contributed by atoms with Crippen LogP contribution in [-0.4, -0.2) is 17.6 Å². The van der Waals surface area contributed by atoms with Crippen LogP contribution < -0.4 is 35.0 Å². The van der Waals surface area contributed by atoms with Crippen molar-refractivity contribution in [3.63, 3.8) is 0 Å². The number of fused-ring (bicyclic) bond motifs is 10. The quantitative estimate of drug-likeness (QED) is 0.118. The van der Waals surface area contributed by atoms with Crippen molar-refractivity contribution in [2.45, 2.75) is 78.6 Å². The third-order valence-electron chi connectivity index (χ3n) is 16.3. The van der Waals surface area contributed by atoms with E-state index in [9.17, 15) is 0 Å². The van der Waals surface area contributed by atoms with Gasteiger partial charge in [0.2, 0.25) is 0 Å². The Hall–Kier alpha value is -8.58. The minimum Gasteiger partial charge on any atom is -0.457 e. The molecule has 13 rings (SSSR count). The average Bonchev–Trinajstić information content (AvgIpc) is 4.10. The maximum absolute atomic E-state index is 7.13. The van der Waals surface area contributed by atoms with Crippen molar-refractivity contribution >= 4 is 57.0 Å². The average molecular weight is 1030 g/mol. The predicted molar refractivity (Wildman–Crippen MR) is 327 cm³/mol. The van der Waals surface area contributed by atoms with E-state index in [1.54, 1.807) is 0 Å². The highest BCUT2D eigenvalue weighted by atomic mass is 28.3. The molecule has 2 aliphatic heterocycles. The van der Waals surface area contributed by atoms with Crippen LogP contribution in [0.5, 0.6) is 11.5 Å². The van der Waals surface area contributed by atoms with E-state index in [1.165, 1.54) is 59.7 Å². The molecule has 0 unspecified atom stereocenters. The Morgan fingerprint density at radius 2 is 0.987 bits per heavy atom. The van der Waals surface area contributed by atoms with Crippen LogP contribution in [0.2, 0.25) is 0 Å². The highest BCUT2D eigenvalue weighted by molar-refractivity contribution is 7.23. The Kier molecular flexibility index (Phi) is 11.5. The van der Waals surface area contributed by atoms with E-state index >= 15 is 0 Å². The Balaban J connectivity index is 0.967. The molecule has 5 nitrogen and oxygen atoms in total. The zero-order valence-electron chi connectivity index (χ0n) is 46.1. The fraction of sp³-hybridized carbons (Fsp3) is 0.167. The van der Waals surface area contributed by atoms with Crippen molar-refractivity contribution in [3.05, 3.63) is 248 Å². The molecule has 2 aromatic heterocycles. The number of pyridine rings is 1. The fourth-order valence-corrected chi connectivity index (χ4v) is 17.8. The fourth-order valence-electron chi connectivity index (χ4n) is 12.3. The summed E-state index contributed by atoms with van der Waals surface area (Å²) in [4.78, 5) is 7.54. The third-order valence-corrected chi connectivity index (χ3v) is 21.2. The highest BCUT2D eigenvalue weighted by Crippen LogP contribution is 2.44. The molecule has 0 aliphatic carbocycles. The maximum Gasteiger partial charge on any atom is 0.255 e. The lowest BCUT2D eigenvalue weighted by atomic mass is 9.78. The molecular weight excluding hydrogens is 965 g/mol. The Morgan fingerprint density at radius 3 is 1.68 bits per heavy atom. The number of para-hydroxylation sites is 4. The molecule has 0 saturated carbocycles. The summed E-state index contributed by atoms with van der Waals surface area (Å²) in [6.07, 6.45) is 4.23. The van der Waals surface area contributed by atoms with Crippen molar-refractivity contribution in [1.29, 1.82) is 0 Å². The van der Waals surface area contributed by atoms with E-state index in [2.05, 4.69) is 301 Å². The van der Waals surface area contributed by atoms with Gasteiger partial charge >= 0.3 is 0 Å². The van der Waals surface area contributed by atoms with Gasteiger partial charge in [0.1, 0.15) is 28.7 Å². The summed E-state index contributed by atoms with van der Waals surface area (Å²) in [5.74, 6) is 2.39. The number of hydrogen-bond acceptors (Lipinski definition) is 3. The monoisotopic (exact) mass is 1030 g/mol. The number of rotatable bonds is 7. The van der Waals surface area contributed by atoms with Gasteiger partial charge in [0.15, 0.2) is 19.1 Å². The van der Waals surface area contributed by atoms with Gasteiger partial charge in [-0.15, -0.1) is 0 Å². The second-order valence-corrected chi connectivity index (χ2v) is 28.0. The molecule has 0 amide bonds. The van der Waals surface area contributed by atoms with Crippen molar-refractivity contribution in [2.75, 3.05) is 4.90 Å². The topological polar surface area (TPSA) is 34.2 Å². The smallest absolute Gasteiger partial charge is 0.255 e. The minimum absolute atomic E-state index is 0.0407. The maximum atomic E-state index is 7.13. The van der Waals surface area contributed by atoms with Gasteiger partial charge in [-0.1, -0.05) is 220 Å². The molecule has 6 heteroatoms. The molecule has 382 valence electrons. The van der Waals surface area contributed by atoms with E-state index < -0.39 is 8.07 Å². The van der Waals surface area contributed by atoms with Gasteiger partial charge in [0, 0.05) is 35.1 Å². The summed E-state index contributed by atoms with van der Waals surface area (Å²) >= 11 is 0. The van der Waals surface area contributed by atoms with Crippen molar-refractivity contribution in [1.82, 2.24) is 9.55 Å². The molecule has 78 heavy (non-hydrogen) atoms. The number of hydrogen-bond donors (Lipinski definition) is 0. The number of ether oxygens (including phenoxy) is 1. The molecule has 0 fully saturated rings. The molecule has 0 atom stereocenters. The Labute approximate surface area is 460 Å². The van der Waals surface area contributed by atoms with Gasteiger partial charge < -0.3 is 4.74 Å². The number of anilines is 3. The normalized spacial score (nSPS) is 13.5. The second-order valence-electron chi connectivity index (χ2n) is 24.3. The number of aromatic nitrogens is 3. The van der Waals surface area contributed by atoms with Gasteiger partial charge in [-0.2, -0.15) is 9.13 Å². The van der Waals surface area contributed by atoms with Gasteiger partial charge in [-0.05, 0) is 124 Å². The molecule has 0 saturated heterocycles. The summed E-state index contributed by atoms with van der Waals surface area (Å²) < 4.78 is 11.8. The lowest BCUT2D eigenvalue weighted by Gasteiger charge is -2.43. The zero-order chi connectivity index (χ0) is 53.7. The lowest BCUT2D eigenvalue weighted by molar-refractivity contribution is -0.566. The predicted octanol–water partition coefficient (Wildman–Crippen LogP) is 15.5. The largest absolute Gasteiger partial charge is 0.457 e. The van der Waals surface area contributed by atoms with E-state index in [1.807, 2.05) is 6.20 Å². The van der Waals surface area contributed by atoms with Crippen molar-refractivity contribution < 1.29 is 9.30 Å². The number of nitrogens with zero attached hydrogens (tertiary/aromatic N) is 4. The van der Waals surface area contributed by atoms with Gasteiger partial charge in [-0.25, -0.2) is 4.98 Å². The number of benzene rings is 9. The van der Waals surface area contributed by atoms with E-state index in [0.29, 0.717) is 0 Å². The summed E-state index contributed by atoms with van der Waals surface area (Å²) in [6.45, 7) is 20.7. The van der Waals surface area contributed by atoms with Gasteiger partial charge in [0.05, 0.1) is 5.69 Å². The van der Waals surface area contributed by atoms with Crippen molar-refractivity contribution in [3.8, 4) is 56.3 Å². The molecule has 0 bridgehead atoms. The van der Waals surface area contributed by atoms with Crippen LogP contribution in [0, 0.1) is 0 Å². The van der Waals surface area contributed by atoms with Crippen LogP contribution in [0.1, 0.15) is 79.0 Å². The zero-order valence-corrected chi connectivity index (χ0v) is 47.1. The molecule has 0 N–H and O–H groups in total. The lowest BCUT2D eigenvalue weighted by Crippen LogP contribution is -2.75. The first kappa shape index (κ1) is 49.0. The Bertz CT molecular complexity index is 4070. The van der Waals surface area contributed by atoms with Crippen LogP contribution in [0.25, 0.3) is 55.8 Å². The van der Waals surface area contributed by atoms with E-state index in [4.69, 9.17) is 9.72 Å². The summed E-state index contributed by atoms with van der Waals surface area (Å²) in [7, 11) is -2.85. The molecule has 11 aromatic rings. The Morgan fingerprint density at radius 1 is 0.423 bits per heavy atom. The third kappa shape index (κ3) is 8.03. The summed E-state index contributed by atoms with van der Waals surface area (Å²) in [5.41, 5.74) is 17.6. The molecule has 0 radical (unpaired) electrons. The molecule has 1 spiro atoms. The minimum atomic E-state index is -2.85. The first-order chi connectivity index (χ1) is 37.6.